The summed E-state index contributed by atoms with van der Waals surface area (Å²) in [5.74, 6) is 0.913. The monoisotopic (exact) mass is 465 g/mol. The van der Waals surface area contributed by atoms with Crippen LogP contribution in [0, 0.1) is 5.41 Å². The lowest BCUT2D eigenvalue weighted by Gasteiger charge is -2.26. The highest BCUT2D eigenvalue weighted by atomic mass is 35.5. The van der Waals surface area contributed by atoms with E-state index in [2.05, 4.69) is 21.9 Å². The Morgan fingerprint density at radius 3 is 2.73 bits per heavy atom. The molecule has 0 atom stereocenters. The van der Waals surface area contributed by atoms with Gasteiger partial charge in [0.1, 0.15) is 17.1 Å². The topological polar surface area (TPSA) is 113 Å². The van der Waals surface area contributed by atoms with Crippen LogP contribution in [0.1, 0.15) is 36.4 Å². The summed E-state index contributed by atoms with van der Waals surface area (Å²) in [6.45, 7) is 7.90. The Hall–Kier alpha value is -3.65. The van der Waals surface area contributed by atoms with Gasteiger partial charge in [0.2, 0.25) is 0 Å². The van der Waals surface area contributed by atoms with E-state index in [-0.39, 0.29) is 5.82 Å². The summed E-state index contributed by atoms with van der Waals surface area (Å²) in [7, 11) is 5.25. The number of hydrogen-bond donors (Lipinski definition) is 3. The molecule has 0 radical (unpaired) electrons. The van der Waals surface area contributed by atoms with Crippen molar-refractivity contribution in [1.29, 1.82) is 5.41 Å². The van der Waals surface area contributed by atoms with Gasteiger partial charge < -0.3 is 26.1 Å². The Morgan fingerprint density at radius 1 is 1.39 bits per heavy atom. The highest BCUT2D eigenvalue weighted by molar-refractivity contribution is 6.36. The van der Waals surface area contributed by atoms with Crippen molar-refractivity contribution in [3.8, 4) is 5.75 Å². The number of rotatable bonds is 7. The van der Waals surface area contributed by atoms with E-state index in [1.165, 1.54) is 0 Å². The summed E-state index contributed by atoms with van der Waals surface area (Å²) < 4.78 is 5.48. The fourth-order valence-corrected chi connectivity index (χ4v) is 3.74. The molecule has 0 unspecified atom stereocenters. The van der Waals surface area contributed by atoms with Gasteiger partial charge in [0.25, 0.3) is 0 Å². The third kappa shape index (κ3) is 4.75. The first kappa shape index (κ1) is 24.0. The second-order valence-electron chi connectivity index (χ2n) is 7.49. The largest absolute Gasteiger partial charge is 0.497 e. The zero-order valence-electron chi connectivity index (χ0n) is 19.5. The summed E-state index contributed by atoms with van der Waals surface area (Å²) in [5, 5.41) is 11.6. The Kier molecular flexibility index (Phi) is 7.18. The number of nitrogens with zero attached hydrogens (tertiary/aromatic N) is 4. The molecule has 0 aliphatic carbocycles. The SMILES string of the molecule is C=C1C(c2cc(OC)cc(CC)c2Cl)=NC(c2nc(/C(=C/NC)C(C)=N)cnc2N)=CN1C. The highest BCUT2D eigenvalue weighted by Crippen LogP contribution is 2.34. The minimum absolute atomic E-state index is 0.228. The van der Waals surface area contributed by atoms with Crippen LogP contribution in [0.5, 0.6) is 5.75 Å². The molecule has 33 heavy (non-hydrogen) atoms. The average Bonchev–Trinajstić information content (AvgIpc) is 2.80. The predicted octanol–water partition coefficient (Wildman–Crippen LogP) is 4.13. The van der Waals surface area contributed by atoms with Crippen LogP contribution in [0.25, 0.3) is 11.3 Å². The standard InChI is InChI=1S/C24H28ClN7O/c1-7-15-8-16(33-6)9-17(21(15)25)22-14(3)32(5)12-20(31-22)23-24(27)29-11-19(30-23)18(10-28-4)13(2)26/h8-12,26,28H,3,7H2,1-2,4-6H3,(H2,27,29)/b18-10+,26-13?. The van der Waals surface area contributed by atoms with Crippen LogP contribution in [0.15, 0.2) is 48.0 Å². The van der Waals surface area contributed by atoms with E-state index in [4.69, 9.17) is 32.5 Å². The van der Waals surface area contributed by atoms with E-state index >= 15 is 0 Å². The maximum Gasteiger partial charge on any atom is 0.151 e. The second-order valence-corrected chi connectivity index (χ2v) is 7.87. The number of aromatic nitrogens is 2. The van der Waals surface area contributed by atoms with E-state index in [1.54, 1.807) is 39.7 Å². The molecular formula is C24H28ClN7O. The third-order valence-electron chi connectivity index (χ3n) is 5.25. The lowest BCUT2D eigenvalue weighted by Crippen LogP contribution is -2.23. The van der Waals surface area contributed by atoms with Gasteiger partial charge in [-0.2, -0.15) is 0 Å². The van der Waals surface area contributed by atoms with E-state index < -0.39 is 0 Å². The molecule has 1 aliphatic heterocycles. The van der Waals surface area contributed by atoms with Crippen molar-refractivity contribution in [2.75, 3.05) is 26.9 Å². The van der Waals surface area contributed by atoms with Gasteiger partial charge in [-0.05, 0) is 31.0 Å². The lowest BCUT2D eigenvalue weighted by atomic mass is 10.0. The van der Waals surface area contributed by atoms with E-state index in [0.29, 0.717) is 56.1 Å². The highest BCUT2D eigenvalue weighted by Gasteiger charge is 2.24. The first-order valence-corrected chi connectivity index (χ1v) is 10.7. The van der Waals surface area contributed by atoms with Crippen molar-refractivity contribution < 1.29 is 4.74 Å². The van der Waals surface area contributed by atoms with Crippen molar-refractivity contribution in [2.45, 2.75) is 20.3 Å². The smallest absolute Gasteiger partial charge is 0.151 e. The Bertz CT molecular complexity index is 1210. The van der Waals surface area contributed by atoms with Crippen LogP contribution in [0.4, 0.5) is 5.82 Å². The summed E-state index contributed by atoms with van der Waals surface area (Å²) in [5.41, 5.74) is 11.5. The number of hydrogen-bond acceptors (Lipinski definition) is 8. The van der Waals surface area contributed by atoms with Crippen molar-refractivity contribution >= 4 is 40.1 Å². The number of anilines is 1. The van der Waals surface area contributed by atoms with Gasteiger partial charge in [-0.25, -0.2) is 15.0 Å². The summed E-state index contributed by atoms with van der Waals surface area (Å²) >= 11 is 6.74. The first-order valence-electron chi connectivity index (χ1n) is 10.4. The zero-order chi connectivity index (χ0) is 24.3. The minimum atomic E-state index is 0.228. The second kappa shape index (κ2) is 9.87. The maximum atomic E-state index is 8.07. The fraction of sp³-hybridized carbons (Fsp3) is 0.250. The number of nitrogen functional groups attached to an aromatic ring is 1. The first-order chi connectivity index (χ1) is 15.7. The molecule has 0 amide bonds. The van der Waals surface area contributed by atoms with Crippen molar-refractivity contribution in [3.63, 3.8) is 0 Å². The van der Waals surface area contributed by atoms with Crippen LogP contribution < -0.4 is 15.8 Å². The predicted molar refractivity (Wildman–Crippen MR) is 136 cm³/mol. The number of nitrogens with two attached hydrogens (primary N) is 1. The molecule has 1 aromatic carbocycles. The third-order valence-corrected chi connectivity index (χ3v) is 5.70. The molecule has 2 aromatic rings. The number of nitrogens with one attached hydrogen (secondary N) is 2. The Morgan fingerprint density at radius 2 is 2.12 bits per heavy atom. The van der Waals surface area contributed by atoms with Gasteiger partial charge in [0.05, 0.1) is 35.4 Å². The van der Waals surface area contributed by atoms with Gasteiger partial charge in [0, 0.05) is 43.3 Å². The molecule has 0 bridgehead atoms. The minimum Gasteiger partial charge on any atom is -0.497 e. The molecule has 1 aromatic heterocycles. The molecule has 4 N–H and O–H groups in total. The molecular weight excluding hydrogens is 438 g/mol. The summed E-state index contributed by atoms with van der Waals surface area (Å²) in [6, 6.07) is 3.76. The van der Waals surface area contributed by atoms with Crippen LogP contribution in [0.3, 0.4) is 0 Å². The number of methoxy groups -OCH3 is 1. The molecule has 0 fully saturated rings. The van der Waals surface area contributed by atoms with Gasteiger partial charge in [-0.3, -0.25) is 0 Å². The van der Waals surface area contributed by atoms with Crippen molar-refractivity contribution in [1.82, 2.24) is 20.2 Å². The molecule has 1 aliphatic rings. The van der Waals surface area contributed by atoms with Crippen molar-refractivity contribution in [3.05, 3.63) is 70.5 Å². The molecule has 172 valence electrons. The van der Waals surface area contributed by atoms with Crippen LogP contribution in [0.2, 0.25) is 5.02 Å². The summed E-state index contributed by atoms with van der Waals surface area (Å²) in [4.78, 5) is 15.7. The molecule has 3 rings (SSSR count). The number of benzene rings is 1. The van der Waals surface area contributed by atoms with Crippen LogP contribution in [-0.2, 0) is 6.42 Å². The molecule has 2 heterocycles. The molecule has 0 saturated carbocycles. The fourth-order valence-electron chi connectivity index (χ4n) is 3.41. The zero-order valence-corrected chi connectivity index (χ0v) is 20.2. The molecule has 0 saturated heterocycles. The normalized spacial score (nSPS) is 14.1. The number of allylic oxidation sites excluding steroid dienone is 2. The van der Waals surface area contributed by atoms with Crippen LogP contribution in [-0.4, -0.2) is 47.5 Å². The van der Waals surface area contributed by atoms with Gasteiger partial charge in [-0.15, -0.1) is 0 Å². The summed E-state index contributed by atoms with van der Waals surface area (Å²) in [6.07, 6.45) is 5.78. The number of aryl methyl sites for hydroxylation is 1. The molecule has 8 nitrogen and oxygen atoms in total. The lowest BCUT2D eigenvalue weighted by molar-refractivity contribution is 0.414. The Labute approximate surface area is 199 Å². The number of aliphatic imine (C=N–C) groups is 1. The number of likely N-dealkylation sites (N-methyl/N-ethyl adjacent to an activating group) is 1. The number of halogens is 1. The van der Waals surface area contributed by atoms with E-state index in [9.17, 15) is 0 Å². The van der Waals surface area contributed by atoms with E-state index in [1.807, 2.05) is 31.0 Å². The molecule has 0 spiro atoms. The number of ether oxygens (including phenoxy) is 1. The van der Waals surface area contributed by atoms with Gasteiger partial charge in [-0.1, -0.05) is 25.1 Å². The van der Waals surface area contributed by atoms with Crippen molar-refractivity contribution in [2.24, 2.45) is 4.99 Å². The van der Waals surface area contributed by atoms with E-state index in [0.717, 1.165) is 12.0 Å². The average molecular weight is 466 g/mol. The maximum absolute atomic E-state index is 8.07. The van der Waals surface area contributed by atoms with Gasteiger partial charge in [0.15, 0.2) is 5.82 Å². The quantitative estimate of drug-likeness (QED) is 0.530. The van der Waals surface area contributed by atoms with Crippen LogP contribution >= 0.6 is 11.6 Å². The Balaban J connectivity index is 2.20. The van der Waals surface area contributed by atoms with Gasteiger partial charge >= 0.3 is 0 Å². The molecule has 9 heteroatoms.